The van der Waals surface area contributed by atoms with Gasteiger partial charge in [0.25, 0.3) is 0 Å². The van der Waals surface area contributed by atoms with Gasteiger partial charge in [0.1, 0.15) is 0 Å². The van der Waals surface area contributed by atoms with E-state index in [1.165, 1.54) is 44.2 Å². The SMILES string of the molecule is CCCCCC[NH][Hf][C]1=CC(C)=CC1.Cl.Cl. The minimum absolute atomic E-state index is 0. The monoisotopic (exact) mass is 431 g/mol. The normalized spacial score (nSPS) is 13.4. The second kappa shape index (κ2) is 12.3. The van der Waals surface area contributed by atoms with Crippen LogP contribution in [0.5, 0.6) is 0 Å². The van der Waals surface area contributed by atoms with E-state index in [4.69, 9.17) is 0 Å². The molecule has 1 aliphatic rings. The summed E-state index contributed by atoms with van der Waals surface area (Å²) in [6.45, 7) is 5.74. The van der Waals surface area contributed by atoms with Gasteiger partial charge >= 0.3 is 100 Å². The first-order chi connectivity index (χ1) is 6.83. The van der Waals surface area contributed by atoms with E-state index in [1.807, 2.05) is 0 Å². The molecule has 1 nitrogen and oxygen atoms in total. The van der Waals surface area contributed by atoms with Crippen LogP contribution in [0.2, 0.25) is 0 Å². The van der Waals surface area contributed by atoms with Crippen molar-refractivity contribution in [3.05, 3.63) is 21.1 Å². The number of nitrogens with one attached hydrogen (secondary N) is 1. The van der Waals surface area contributed by atoms with Crippen LogP contribution in [0, 0.1) is 0 Å². The molecule has 0 saturated carbocycles. The second-order valence-corrected chi connectivity index (χ2v) is 8.41. The van der Waals surface area contributed by atoms with Crippen LogP contribution in [0.4, 0.5) is 0 Å². The Morgan fingerprint density at radius 3 is 2.56 bits per heavy atom. The molecule has 0 aromatic rings. The predicted molar refractivity (Wildman–Crippen MR) is 73.1 cm³/mol. The number of unbranched alkanes of at least 4 members (excludes halogenated alkanes) is 3. The molecule has 4 heteroatoms. The number of allylic oxidation sites excluding steroid dienone is 4. The summed E-state index contributed by atoms with van der Waals surface area (Å²) in [5, 5.41) is 0. The first kappa shape index (κ1) is 19.2. The molecule has 0 unspecified atom stereocenters. The standard InChI is InChI=1S/C6H14N.C6H7.2ClH.Hf/c1-2-3-4-5-6-7;1-6-4-2-3-5-6;;;/h7H,2-6H2,1H3;4-5H,2H2,1H3;2*1H;/q-1;;;;+1. The average molecular weight is 431 g/mol. The van der Waals surface area contributed by atoms with Crippen LogP contribution in [0.25, 0.3) is 0 Å². The molecule has 1 N–H and O–H groups in total. The Kier molecular flexibility index (Phi) is 14.8. The van der Waals surface area contributed by atoms with Crippen molar-refractivity contribution in [2.24, 2.45) is 0 Å². The summed E-state index contributed by atoms with van der Waals surface area (Å²) < 4.78 is 5.43. The fourth-order valence-electron chi connectivity index (χ4n) is 1.57. The van der Waals surface area contributed by atoms with Crippen molar-refractivity contribution in [2.45, 2.75) is 46.0 Å². The molecule has 0 aromatic carbocycles. The van der Waals surface area contributed by atoms with Crippen LogP contribution in [0.15, 0.2) is 21.1 Å². The van der Waals surface area contributed by atoms with Gasteiger partial charge < -0.3 is 0 Å². The van der Waals surface area contributed by atoms with E-state index in [9.17, 15) is 0 Å². The predicted octanol–water partition coefficient (Wildman–Crippen LogP) is 4.23. The summed E-state index contributed by atoms with van der Waals surface area (Å²) in [5.41, 5.74) is 1.47. The number of hydrogen-bond acceptors (Lipinski definition) is 1. The van der Waals surface area contributed by atoms with Crippen LogP contribution >= 0.6 is 24.8 Å². The van der Waals surface area contributed by atoms with Crippen molar-refractivity contribution < 1.29 is 23.2 Å². The average Bonchev–Trinajstić information content (AvgIpc) is 2.58. The van der Waals surface area contributed by atoms with E-state index in [-0.39, 0.29) is 24.8 Å². The Labute approximate surface area is 124 Å². The maximum atomic E-state index is 3.70. The van der Waals surface area contributed by atoms with E-state index in [0.717, 1.165) is 0 Å². The quantitative estimate of drug-likeness (QED) is 0.471. The third-order valence-electron chi connectivity index (χ3n) is 2.45. The van der Waals surface area contributed by atoms with Gasteiger partial charge in [-0.05, 0) is 0 Å². The molecule has 0 spiro atoms. The fourth-order valence-corrected chi connectivity index (χ4v) is 5.28. The fraction of sp³-hybridized carbons (Fsp3) is 0.667. The minimum atomic E-state index is -0.600. The smallest absolute Gasteiger partial charge is 0.147 e. The molecule has 0 aromatic heterocycles. The Balaban J connectivity index is 0. The third-order valence-corrected chi connectivity index (χ3v) is 6.39. The molecule has 0 aliphatic heterocycles. The van der Waals surface area contributed by atoms with E-state index in [0.29, 0.717) is 0 Å². The van der Waals surface area contributed by atoms with Crippen LogP contribution < -0.4 is 3.30 Å². The summed E-state index contributed by atoms with van der Waals surface area (Å²) in [7, 11) is 0. The summed E-state index contributed by atoms with van der Waals surface area (Å²) in [6.07, 6.45) is 11.5. The zero-order valence-electron chi connectivity index (χ0n) is 10.2. The van der Waals surface area contributed by atoms with Crippen molar-refractivity contribution in [1.29, 1.82) is 0 Å². The molecular weight excluding hydrogens is 408 g/mol. The van der Waals surface area contributed by atoms with Crippen molar-refractivity contribution in [1.82, 2.24) is 3.30 Å². The van der Waals surface area contributed by atoms with Gasteiger partial charge in [-0.2, -0.15) is 0 Å². The molecular formula is C12H23Cl2HfN. The molecule has 0 radical (unpaired) electrons. The molecule has 0 amide bonds. The van der Waals surface area contributed by atoms with Gasteiger partial charge in [-0.15, -0.1) is 24.8 Å². The molecule has 0 heterocycles. The van der Waals surface area contributed by atoms with Gasteiger partial charge in [0, 0.05) is 0 Å². The summed E-state index contributed by atoms with van der Waals surface area (Å²) >= 11 is -0.600. The zero-order valence-corrected chi connectivity index (χ0v) is 15.4. The van der Waals surface area contributed by atoms with Gasteiger partial charge in [-0.25, -0.2) is 0 Å². The molecule has 1 rings (SSSR count). The minimum Gasteiger partial charge on any atom is -0.147 e. The number of halogens is 2. The Bertz CT molecular complexity index is 227. The van der Waals surface area contributed by atoms with Gasteiger partial charge in [0.05, 0.1) is 0 Å². The zero-order chi connectivity index (χ0) is 10.2. The Morgan fingerprint density at radius 1 is 1.25 bits per heavy atom. The topological polar surface area (TPSA) is 12.0 Å². The summed E-state index contributed by atoms with van der Waals surface area (Å²) in [5.74, 6) is 0. The molecule has 1 aliphatic carbocycles. The molecule has 94 valence electrons. The Hall–Kier alpha value is 0.890. The van der Waals surface area contributed by atoms with E-state index < -0.39 is 23.2 Å². The second-order valence-electron chi connectivity index (χ2n) is 3.93. The van der Waals surface area contributed by atoms with Crippen LogP contribution in [-0.4, -0.2) is 6.54 Å². The molecule has 16 heavy (non-hydrogen) atoms. The molecule has 0 saturated heterocycles. The van der Waals surface area contributed by atoms with Gasteiger partial charge in [-0.3, -0.25) is 0 Å². The van der Waals surface area contributed by atoms with Gasteiger partial charge in [0.15, 0.2) is 0 Å². The van der Waals surface area contributed by atoms with Crippen LogP contribution in [0.1, 0.15) is 46.0 Å². The Morgan fingerprint density at radius 2 is 2.00 bits per heavy atom. The first-order valence-electron chi connectivity index (χ1n) is 5.69. The summed E-state index contributed by atoms with van der Waals surface area (Å²) in [6, 6.07) is 0. The maximum Gasteiger partial charge on any atom is -0.147 e. The first-order valence-corrected chi connectivity index (χ1v) is 9.28. The molecule has 0 bridgehead atoms. The van der Waals surface area contributed by atoms with E-state index in [2.05, 4.69) is 29.3 Å². The largest absolute Gasteiger partial charge is 0.147 e. The third kappa shape index (κ3) is 8.98. The van der Waals surface area contributed by atoms with Crippen molar-refractivity contribution >= 4 is 24.8 Å². The van der Waals surface area contributed by atoms with E-state index >= 15 is 0 Å². The number of rotatable bonds is 7. The van der Waals surface area contributed by atoms with E-state index in [1.54, 1.807) is 3.33 Å². The van der Waals surface area contributed by atoms with Gasteiger partial charge in [0.2, 0.25) is 0 Å². The molecule has 0 fully saturated rings. The van der Waals surface area contributed by atoms with Crippen molar-refractivity contribution in [3.63, 3.8) is 0 Å². The van der Waals surface area contributed by atoms with Crippen molar-refractivity contribution in [3.8, 4) is 0 Å². The van der Waals surface area contributed by atoms with Crippen LogP contribution in [-0.2, 0) is 23.2 Å². The van der Waals surface area contributed by atoms with Crippen LogP contribution in [0.3, 0.4) is 0 Å². The summed E-state index contributed by atoms with van der Waals surface area (Å²) in [4.78, 5) is 0. The maximum absolute atomic E-state index is 3.70. The molecule has 0 atom stereocenters. The van der Waals surface area contributed by atoms with Gasteiger partial charge in [-0.1, -0.05) is 0 Å². The number of hydrogen-bond donors (Lipinski definition) is 1. The van der Waals surface area contributed by atoms with Crippen molar-refractivity contribution in [2.75, 3.05) is 6.54 Å².